The van der Waals surface area contributed by atoms with Crippen molar-refractivity contribution in [2.75, 3.05) is 6.61 Å². The quantitative estimate of drug-likeness (QED) is 0.728. The Morgan fingerprint density at radius 3 is 2.92 bits per heavy atom. The molecule has 130 valence electrons. The SMILES string of the molecule is CC(C)CC(CO)NC1=N/C(=C\c2ccc3ncccc3c2)C(=O)N1. The molecule has 2 aromatic rings. The van der Waals surface area contributed by atoms with Gasteiger partial charge in [-0.2, -0.15) is 0 Å². The number of hydrogen-bond acceptors (Lipinski definition) is 5. The molecule has 6 nitrogen and oxygen atoms in total. The number of aliphatic hydroxyl groups is 1. The van der Waals surface area contributed by atoms with Gasteiger partial charge in [0, 0.05) is 11.6 Å². The summed E-state index contributed by atoms with van der Waals surface area (Å²) in [5, 5.41) is 16.3. The molecule has 1 unspecified atom stereocenters. The number of carbonyl (C=O) groups is 1. The van der Waals surface area contributed by atoms with Crippen LogP contribution in [0.5, 0.6) is 0 Å². The van der Waals surface area contributed by atoms with Gasteiger partial charge in [-0.25, -0.2) is 4.99 Å². The minimum absolute atomic E-state index is 0.0101. The van der Waals surface area contributed by atoms with E-state index in [4.69, 9.17) is 0 Å². The molecule has 0 radical (unpaired) electrons. The molecule has 1 aliphatic heterocycles. The van der Waals surface area contributed by atoms with Crippen molar-refractivity contribution in [1.29, 1.82) is 0 Å². The number of rotatable bonds is 5. The average molecular weight is 338 g/mol. The highest BCUT2D eigenvalue weighted by Crippen LogP contribution is 2.17. The molecule has 3 rings (SSSR count). The van der Waals surface area contributed by atoms with Crippen LogP contribution in [0.25, 0.3) is 17.0 Å². The van der Waals surface area contributed by atoms with Gasteiger partial charge in [-0.1, -0.05) is 26.0 Å². The highest BCUT2D eigenvalue weighted by molar-refractivity contribution is 6.13. The second kappa shape index (κ2) is 7.44. The zero-order valence-electron chi connectivity index (χ0n) is 14.4. The first kappa shape index (κ1) is 17.1. The van der Waals surface area contributed by atoms with E-state index < -0.39 is 0 Å². The number of carbonyl (C=O) groups excluding carboxylic acids is 1. The molecule has 6 heteroatoms. The number of aliphatic hydroxyl groups excluding tert-OH is 1. The Labute approximate surface area is 146 Å². The molecule has 25 heavy (non-hydrogen) atoms. The van der Waals surface area contributed by atoms with Crippen LogP contribution in [0.2, 0.25) is 0 Å². The topological polar surface area (TPSA) is 86.6 Å². The maximum atomic E-state index is 12.1. The van der Waals surface area contributed by atoms with Crippen LogP contribution in [0.3, 0.4) is 0 Å². The number of pyridine rings is 1. The summed E-state index contributed by atoms with van der Waals surface area (Å²) in [6, 6.07) is 9.52. The summed E-state index contributed by atoms with van der Waals surface area (Å²) in [4.78, 5) is 20.7. The highest BCUT2D eigenvalue weighted by Gasteiger charge is 2.22. The van der Waals surface area contributed by atoms with E-state index in [1.165, 1.54) is 0 Å². The fourth-order valence-electron chi connectivity index (χ4n) is 2.82. The summed E-state index contributed by atoms with van der Waals surface area (Å²) in [6.07, 6.45) is 4.29. The van der Waals surface area contributed by atoms with E-state index >= 15 is 0 Å². The number of hydrogen-bond donors (Lipinski definition) is 3. The molecule has 1 aromatic carbocycles. The molecule has 1 aliphatic rings. The maximum Gasteiger partial charge on any atom is 0.276 e. The average Bonchev–Trinajstić information content (AvgIpc) is 2.93. The van der Waals surface area contributed by atoms with Crippen molar-refractivity contribution in [3.8, 4) is 0 Å². The molecular formula is C19H22N4O2. The van der Waals surface area contributed by atoms with Gasteiger partial charge in [0.05, 0.1) is 18.2 Å². The Balaban J connectivity index is 1.79. The Bertz CT molecular complexity index is 842. The van der Waals surface area contributed by atoms with Crippen LogP contribution in [0.1, 0.15) is 25.8 Å². The van der Waals surface area contributed by atoms with Crippen molar-refractivity contribution in [2.24, 2.45) is 10.9 Å². The van der Waals surface area contributed by atoms with E-state index in [0.717, 1.165) is 22.9 Å². The van der Waals surface area contributed by atoms with Crippen LogP contribution in [-0.2, 0) is 4.79 Å². The molecule has 1 atom stereocenters. The molecule has 0 saturated carbocycles. The van der Waals surface area contributed by atoms with E-state index in [-0.39, 0.29) is 18.6 Å². The minimum Gasteiger partial charge on any atom is -0.394 e. The lowest BCUT2D eigenvalue weighted by Gasteiger charge is -2.18. The molecule has 3 N–H and O–H groups in total. The van der Waals surface area contributed by atoms with Gasteiger partial charge in [0.2, 0.25) is 5.96 Å². The number of nitrogens with one attached hydrogen (secondary N) is 2. The van der Waals surface area contributed by atoms with Crippen molar-refractivity contribution in [3.05, 3.63) is 47.8 Å². The van der Waals surface area contributed by atoms with E-state index in [9.17, 15) is 9.90 Å². The van der Waals surface area contributed by atoms with Crippen LogP contribution in [0.15, 0.2) is 47.2 Å². The third-order valence-electron chi connectivity index (χ3n) is 3.94. The lowest BCUT2D eigenvalue weighted by atomic mass is 10.0. The number of aliphatic imine (C=N–C) groups is 1. The first-order chi connectivity index (χ1) is 12.0. The maximum absolute atomic E-state index is 12.1. The normalized spacial score (nSPS) is 17.0. The van der Waals surface area contributed by atoms with Gasteiger partial charge in [0.25, 0.3) is 5.91 Å². The number of amides is 1. The molecule has 0 spiro atoms. The predicted octanol–water partition coefficient (Wildman–Crippen LogP) is 2.06. The number of benzene rings is 1. The van der Waals surface area contributed by atoms with Crippen molar-refractivity contribution in [3.63, 3.8) is 0 Å². The molecule has 0 fully saturated rings. The predicted molar refractivity (Wildman–Crippen MR) is 98.8 cm³/mol. The van der Waals surface area contributed by atoms with E-state index in [2.05, 4.69) is 34.5 Å². The second-order valence-corrected chi connectivity index (χ2v) is 6.55. The lowest BCUT2D eigenvalue weighted by molar-refractivity contribution is -0.115. The van der Waals surface area contributed by atoms with Gasteiger partial charge in [0.15, 0.2) is 0 Å². The summed E-state index contributed by atoms with van der Waals surface area (Å²) >= 11 is 0. The first-order valence-corrected chi connectivity index (χ1v) is 8.39. The van der Waals surface area contributed by atoms with Crippen LogP contribution in [-0.4, -0.2) is 34.6 Å². The standard InChI is InChI=1S/C19H22N4O2/c1-12(2)8-15(11-24)21-19-22-17(18(25)23-19)10-13-5-6-16-14(9-13)4-3-7-20-16/h3-7,9-10,12,15,24H,8,11H2,1-2H3,(H2,21,22,23,25)/b17-10-. The first-order valence-electron chi connectivity index (χ1n) is 8.39. The summed E-state index contributed by atoms with van der Waals surface area (Å²) in [6.45, 7) is 4.16. The summed E-state index contributed by atoms with van der Waals surface area (Å²) in [7, 11) is 0. The van der Waals surface area contributed by atoms with Gasteiger partial charge in [-0.3, -0.25) is 15.1 Å². The number of fused-ring (bicyclic) bond motifs is 1. The van der Waals surface area contributed by atoms with Gasteiger partial charge in [0.1, 0.15) is 5.70 Å². The minimum atomic E-state index is -0.255. The third kappa shape index (κ3) is 4.22. The Kier molecular flexibility index (Phi) is 5.09. The fraction of sp³-hybridized carbons (Fsp3) is 0.316. The monoisotopic (exact) mass is 338 g/mol. The van der Waals surface area contributed by atoms with Crippen molar-refractivity contribution >= 4 is 28.8 Å². The van der Waals surface area contributed by atoms with Crippen molar-refractivity contribution in [1.82, 2.24) is 15.6 Å². The third-order valence-corrected chi connectivity index (χ3v) is 3.94. The molecule has 0 saturated heterocycles. The summed E-state index contributed by atoms with van der Waals surface area (Å²) < 4.78 is 0. The Morgan fingerprint density at radius 2 is 2.16 bits per heavy atom. The summed E-state index contributed by atoms with van der Waals surface area (Å²) in [5.41, 5.74) is 2.13. The Hall–Kier alpha value is -2.73. The molecular weight excluding hydrogens is 316 g/mol. The number of aromatic nitrogens is 1. The number of nitrogens with zero attached hydrogens (tertiary/aromatic N) is 2. The van der Waals surface area contributed by atoms with Crippen LogP contribution in [0, 0.1) is 5.92 Å². The van der Waals surface area contributed by atoms with Gasteiger partial charge in [-0.15, -0.1) is 0 Å². The van der Waals surface area contributed by atoms with Gasteiger partial charge in [-0.05, 0) is 42.2 Å². The van der Waals surface area contributed by atoms with Crippen LogP contribution < -0.4 is 10.6 Å². The number of guanidine groups is 1. The molecule has 0 bridgehead atoms. The van der Waals surface area contributed by atoms with Crippen LogP contribution >= 0.6 is 0 Å². The van der Waals surface area contributed by atoms with E-state index in [1.807, 2.05) is 30.3 Å². The highest BCUT2D eigenvalue weighted by atomic mass is 16.3. The van der Waals surface area contributed by atoms with E-state index in [0.29, 0.717) is 17.6 Å². The smallest absolute Gasteiger partial charge is 0.276 e. The molecule has 1 amide bonds. The fourth-order valence-corrected chi connectivity index (χ4v) is 2.82. The lowest BCUT2D eigenvalue weighted by Crippen LogP contribution is -2.44. The van der Waals surface area contributed by atoms with Crippen molar-refractivity contribution in [2.45, 2.75) is 26.3 Å². The second-order valence-electron chi connectivity index (χ2n) is 6.55. The molecule has 2 heterocycles. The van der Waals surface area contributed by atoms with Crippen molar-refractivity contribution < 1.29 is 9.90 Å². The summed E-state index contributed by atoms with van der Waals surface area (Å²) in [5.74, 6) is 0.567. The van der Waals surface area contributed by atoms with Crippen LogP contribution in [0.4, 0.5) is 0 Å². The zero-order chi connectivity index (χ0) is 17.8. The molecule has 0 aliphatic carbocycles. The van der Waals surface area contributed by atoms with Gasteiger partial charge < -0.3 is 10.4 Å². The largest absolute Gasteiger partial charge is 0.394 e. The molecule has 1 aromatic heterocycles. The Morgan fingerprint density at radius 1 is 1.32 bits per heavy atom. The van der Waals surface area contributed by atoms with E-state index in [1.54, 1.807) is 12.3 Å². The zero-order valence-corrected chi connectivity index (χ0v) is 14.4. The van der Waals surface area contributed by atoms with Gasteiger partial charge >= 0.3 is 0 Å².